The van der Waals surface area contributed by atoms with Gasteiger partial charge in [-0.05, 0) is 31.3 Å². The topological polar surface area (TPSA) is 35.4 Å². The molecule has 23 heavy (non-hydrogen) atoms. The highest BCUT2D eigenvalue weighted by Gasteiger charge is 2.11. The van der Waals surface area contributed by atoms with E-state index in [9.17, 15) is 0 Å². The van der Waals surface area contributed by atoms with Crippen LogP contribution in [0.15, 0.2) is 59.0 Å². The van der Waals surface area contributed by atoms with Crippen molar-refractivity contribution in [3.63, 3.8) is 0 Å². The molecule has 3 aromatic rings. The molecule has 1 unspecified atom stereocenters. The van der Waals surface area contributed by atoms with E-state index in [1.165, 1.54) is 16.0 Å². The standard InChI is InChI=1S/C18H19N3OS/c1-14-8-10-16(11-9-14)17-19-21(18(23)22-17)13-20(2)12-15-6-4-3-5-7-15/h3-11H,12-13H2,1-2H3/p+1. The normalized spacial score (nSPS) is 12.3. The second kappa shape index (κ2) is 6.89. The molecule has 0 radical (unpaired) electrons. The van der Waals surface area contributed by atoms with E-state index < -0.39 is 0 Å². The minimum Gasteiger partial charge on any atom is -0.409 e. The van der Waals surface area contributed by atoms with Crippen molar-refractivity contribution in [1.82, 2.24) is 9.78 Å². The third kappa shape index (κ3) is 3.94. The molecule has 0 aliphatic heterocycles. The van der Waals surface area contributed by atoms with Gasteiger partial charge in [0, 0.05) is 11.1 Å². The van der Waals surface area contributed by atoms with E-state index in [1.54, 1.807) is 4.68 Å². The van der Waals surface area contributed by atoms with Gasteiger partial charge in [0.2, 0.25) is 5.89 Å². The van der Waals surface area contributed by atoms with E-state index in [-0.39, 0.29) is 0 Å². The molecule has 0 saturated heterocycles. The van der Waals surface area contributed by atoms with Gasteiger partial charge in [0.05, 0.1) is 7.05 Å². The lowest BCUT2D eigenvalue weighted by Crippen LogP contribution is -3.07. The predicted octanol–water partition coefficient (Wildman–Crippen LogP) is 2.85. The van der Waals surface area contributed by atoms with E-state index in [0.29, 0.717) is 17.4 Å². The number of hydrogen-bond acceptors (Lipinski definition) is 3. The van der Waals surface area contributed by atoms with Gasteiger partial charge in [-0.25, -0.2) is 0 Å². The van der Waals surface area contributed by atoms with Crippen molar-refractivity contribution in [2.75, 3.05) is 7.05 Å². The van der Waals surface area contributed by atoms with Crippen LogP contribution in [-0.2, 0) is 13.2 Å². The molecule has 0 fully saturated rings. The Kier molecular flexibility index (Phi) is 4.69. The molecule has 1 heterocycles. The summed E-state index contributed by atoms with van der Waals surface area (Å²) in [6.07, 6.45) is 0. The summed E-state index contributed by atoms with van der Waals surface area (Å²) in [6.45, 7) is 3.64. The predicted molar refractivity (Wildman–Crippen MR) is 92.5 cm³/mol. The Balaban J connectivity index is 1.73. The molecule has 0 saturated carbocycles. The summed E-state index contributed by atoms with van der Waals surface area (Å²) in [5.74, 6) is 0.572. The summed E-state index contributed by atoms with van der Waals surface area (Å²) in [4.78, 5) is 1.70. The van der Waals surface area contributed by atoms with Crippen LogP contribution >= 0.6 is 12.2 Å². The highest BCUT2D eigenvalue weighted by molar-refractivity contribution is 7.71. The molecule has 0 aliphatic carbocycles. The molecule has 0 spiro atoms. The van der Waals surface area contributed by atoms with Crippen LogP contribution in [0, 0.1) is 11.8 Å². The van der Waals surface area contributed by atoms with Crippen LogP contribution in [0.1, 0.15) is 11.1 Å². The Labute approximate surface area is 141 Å². The summed E-state index contributed by atoms with van der Waals surface area (Å²) in [6, 6.07) is 18.5. The lowest BCUT2D eigenvalue weighted by molar-refractivity contribution is -0.917. The molecule has 1 N–H and O–H groups in total. The molecule has 5 heteroatoms. The van der Waals surface area contributed by atoms with Crippen LogP contribution in [0.4, 0.5) is 0 Å². The van der Waals surface area contributed by atoms with Gasteiger partial charge in [-0.3, -0.25) is 0 Å². The van der Waals surface area contributed by atoms with Gasteiger partial charge < -0.3 is 9.32 Å². The van der Waals surface area contributed by atoms with Gasteiger partial charge in [0.1, 0.15) is 6.54 Å². The maximum Gasteiger partial charge on any atom is 0.292 e. The van der Waals surface area contributed by atoms with Gasteiger partial charge in [0.15, 0.2) is 6.67 Å². The van der Waals surface area contributed by atoms with Crippen molar-refractivity contribution in [2.45, 2.75) is 20.1 Å². The minimum atomic E-state index is 0.410. The molecule has 0 bridgehead atoms. The molecule has 0 amide bonds. The van der Waals surface area contributed by atoms with Crippen molar-refractivity contribution in [2.24, 2.45) is 0 Å². The van der Waals surface area contributed by atoms with E-state index >= 15 is 0 Å². The van der Waals surface area contributed by atoms with E-state index in [0.717, 1.165) is 12.1 Å². The van der Waals surface area contributed by atoms with Crippen molar-refractivity contribution >= 4 is 12.2 Å². The van der Waals surface area contributed by atoms with Crippen molar-refractivity contribution in [3.8, 4) is 11.5 Å². The summed E-state index contributed by atoms with van der Waals surface area (Å²) in [5.41, 5.74) is 3.44. The largest absolute Gasteiger partial charge is 0.409 e. The van der Waals surface area contributed by atoms with Crippen LogP contribution in [0.5, 0.6) is 0 Å². The average molecular weight is 326 g/mol. The molecule has 2 aromatic carbocycles. The number of rotatable bonds is 5. The molecule has 1 atom stereocenters. The Morgan fingerprint density at radius 3 is 2.48 bits per heavy atom. The van der Waals surface area contributed by atoms with E-state index in [1.807, 2.05) is 30.3 Å². The number of benzene rings is 2. The third-order valence-corrected chi connectivity index (χ3v) is 3.97. The summed E-state index contributed by atoms with van der Waals surface area (Å²) in [7, 11) is 2.12. The van der Waals surface area contributed by atoms with Crippen molar-refractivity contribution in [1.29, 1.82) is 0 Å². The Morgan fingerprint density at radius 2 is 1.78 bits per heavy atom. The van der Waals surface area contributed by atoms with E-state index in [4.69, 9.17) is 16.6 Å². The molecule has 1 aromatic heterocycles. The zero-order valence-corrected chi connectivity index (χ0v) is 14.1. The van der Waals surface area contributed by atoms with Crippen LogP contribution in [0.25, 0.3) is 11.5 Å². The van der Waals surface area contributed by atoms with Gasteiger partial charge in [-0.1, -0.05) is 48.0 Å². The molecular weight excluding hydrogens is 306 g/mol. The molecular formula is C18H20N3OS+. The monoisotopic (exact) mass is 326 g/mol. The molecule has 3 rings (SSSR count). The Bertz CT molecular complexity index is 821. The molecule has 0 aliphatic rings. The first-order valence-corrected chi connectivity index (χ1v) is 8.03. The van der Waals surface area contributed by atoms with Gasteiger partial charge >= 0.3 is 0 Å². The van der Waals surface area contributed by atoms with E-state index in [2.05, 4.69) is 43.3 Å². The summed E-state index contributed by atoms with van der Waals surface area (Å²) >= 11 is 5.30. The number of aryl methyl sites for hydroxylation is 1. The Hall–Kier alpha value is -2.24. The zero-order valence-electron chi connectivity index (χ0n) is 13.3. The van der Waals surface area contributed by atoms with Crippen LogP contribution in [-0.4, -0.2) is 16.8 Å². The summed E-state index contributed by atoms with van der Waals surface area (Å²) in [5, 5.41) is 4.52. The van der Waals surface area contributed by atoms with Gasteiger partial charge in [0.25, 0.3) is 4.84 Å². The van der Waals surface area contributed by atoms with Crippen LogP contribution < -0.4 is 4.90 Å². The molecule has 118 valence electrons. The first-order valence-electron chi connectivity index (χ1n) is 7.62. The average Bonchev–Trinajstić information content (AvgIpc) is 2.90. The van der Waals surface area contributed by atoms with Gasteiger partial charge in [-0.15, -0.1) is 5.10 Å². The minimum absolute atomic E-state index is 0.410. The van der Waals surface area contributed by atoms with Crippen molar-refractivity contribution in [3.05, 3.63) is 70.6 Å². The lowest BCUT2D eigenvalue weighted by atomic mass is 10.1. The first kappa shape index (κ1) is 15.6. The number of hydrogen-bond donors (Lipinski definition) is 1. The fourth-order valence-electron chi connectivity index (χ4n) is 2.47. The second-order valence-corrected chi connectivity index (χ2v) is 6.17. The van der Waals surface area contributed by atoms with Crippen molar-refractivity contribution < 1.29 is 9.32 Å². The van der Waals surface area contributed by atoms with Crippen LogP contribution in [0.2, 0.25) is 0 Å². The highest BCUT2D eigenvalue weighted by atomic mass is 32.1. The number of nitrogens with one attached hydrogen (secondary N) is 1. The first-order chi connectivity index (χ1) is 11.1. The van der Waals surface area contributed by atoms with Crippen LogP contribution in [0.3, 0.4) is 0 Å². The number of aromatic nitrogens is 2. The quantitative estimate of drug-likeness (QED) is 0.732. The second-order valence-electron chi connectivity index (χ2n) is 5.82. The zero-order chi connectivity index (χ0) is 16.2. The maximum absolute atomic E-state index is 5.64. The fraction of sp³-hybridized carbons (Fsp3) is 0.222. The smallest absolute Gasteiger partial charge is 0.292 e. The number of nitrogens with zero attached hydrogens (tertiary/aromatic N) is 2. The highest BCUT2D eigenvalue weighted by Crippen LogP contribution is 2.17. The summed E-state index contributed by atoms with van der Waals surface area (Å²) < 4.78 is 7.40. The fourth-order valence-corrected chi connectivity index (χ4v) is 2.66. The Morgan fingerprint density at radius 1 is 1.09 bits per heavy atom. The number of quaternary nitrogens is 1. The van der Waals surface area contributed by atoms with Gasteiger partial charge in [-0.2, -0.15) is 4.68 Å². The maximum atomic E-state index is 5.64. The third-order valence-electron chi connectivity index (χ3n) is 3.67. The SMILES string of the molecule is Cc1ccc(-c2nn(C[NH+](C)Cc3ccccc3)c(=S)o2)cc1. The lowest BCUT2D eigenvalue weighted by Gasteiger charge is -2.13. The molecule has 4 nitrogen and oxygen atoms in total.